The molecular formula is C19H20BrClN2O2S. The van der Waals surface area contributed by atoms with Crippen molar-refractivity contribution in [1.82, 2.24) is 5.32 Å². The highest BCUT2D eigenvalue weighted by Gasteiger charge is 2.11. The van der Waals surface area contributed by atoms with Crippen LogP contribution in [0.3, 0.4) is 0 Å². The fourth-order valence-electron chi connectivity index (χ4n) is 2.03. The molecule has 0 bridgehead atoms. The number of hydrogen-bond donors (Lipinski definition) is 2. The molecule has 4 nitrogen and oxygen atoms in total. The van der Waals surface area contributed by atoms with Crippen LogP contribution in [0.4, 0.5) is 5.69 Å². The monoisotopic (exact) mass is 454 g/mol. The van der Waals surface area contributed by atoms with Crippen molar-refractivity contribution in [3.05, 3.63) is 57.5 Å². The molecule has 0 aliphatic heterocycles. The fourth-order valence-corrected chi connectivity index (χ4v) is 2.86. The number of ether oxygens (including phenoxy) is 1. The van der Waals surface area contributed by atoms with E-state index in [9.17, 15) is 4.79 Å². The van der Waals surface area contributed by atoms with Gasteiger partial charge in [0.05, 0.1) is 11.1 Å². The molecule has 0 aliphatic rings. The summed E-state index contributed by atoms with van der Waals surface area (Å²) in [5.74, 6) is 0.989. The molecule has 138 valence electrons. The number of benzene rings is 2. The molecule has 1 amide bonds. The van der Waals surface area contributed by atoms with Crippen molar-refractivity contribution in [3.63, 3.8) is 0 Å². The van der Waals surface area contributed by atoms with Crippen LogP contribution in [0.25, 0.3) is 0 Å². The summed E-state index contributed by atoms with van der Waals surface area (Å²) in [4.78, 5) is 12.3. The highest BCUT2D eigenvalue weighted by molar-refractivity contribution is 9.10. The predicted molar refractivity (Wildman–Crippen MR) is 114 cm³/mol. The minimum absolute atomic E-state index is 0.214. The maximum atomic E-state index is 12.3. The first-order valence-corrected chi connectivity index (χ1v) is 9.73. The summed E-state index contributed by atoms with van der Waals surface area (Å²) in [7, 11) is 0. The van der Waals surface area contributed by atoms with Crippen LogP contribution in [0.5, 0.6) is 5.75 Å². The lowest BCUT2D eigenvalue weighted by Crippen LogP contribution is -2.34. The van der Waals surface area contributed by atoms with Crippen LogP contribution in [-0.2, 0) is 0 Å². The van der Waals surface area contributed by atoms with Crippen LogP contribution in [0, 0.1) is 5.92 Å². The molecule has 0 unspecified atom stereocenters. The van der Waals surface area contributed by atoms with Crippen LogP contribution >= 0.6 is 39.7 Å². The summed E-state index contributed by atoms with van der Waals surface area (Å²) in [6.07, 6.45) is 0.972. The lowest BCUT2D eigenvalue weighted by Gasteiger charge is -2.12. The topological polar surface area (TPSA) is 50.4 Å². The maximum Gasteiger partial charge on any atom is 0.257 e. The largest absolute Gasteiger partial charge is 0.492 e. The molecule has 0 radical (unpaired) electrons. The second kappa shape index (κ2) is 9.90. The number of thiocarbonyl (C=S) groups is 1. The van der Waals surface area contributed by atoms with E-state index in [4.69, 9.17) is 28.6 Å². The van der Waals surface area contributed by atoms with Gasteiger partial charge in [0, 0.05) is 16.3 Å². The highest BCUT2D eigenvalue weighted by Crippen LogP contribution is 2.26. The second-order valence-electron chi connectivity index (χ2n) is 6.09. The zero-order valence-electron chi connectivity index (χ0n) is 14.5. The first-order valence-electron chi connectivity index (χ1n) is 8.15. The summed E-state index contributed by atoms with van der Waals surface area (Å²) in [5.41, 5.74) is 1.23. The number of rotatable bonds is 6. The van der Waals surface area contributed by atoms with Crippen LogP contribution in [0.1, 0.15) is 30.6 Å². The van der Waals surface area contributed by atoms with Crippen molar-refractivity contribution >= 4 is 56.5 Å². The Balaban J connectivity index is 1.93. The van der Waals surface area contributed by atoms with Crippen molar-refractivity contribution in [2.24, 2.45) is 5.92 Å². The third-order valence-electron chi connectivity index (χ3n) is 3.48. The van der Waals surface area contributed by atoms with E-state index in [1.807, 2.05) is 0 Å². The molecule has 0 spiro atoms. The van der Waals surface area contributed by atoms with Crippen LogP contribution in [0.2, 0.25) is 5.02 Å². The van der Waals surface area contributed by atoms with E-state index in [2.05, 4.69) is 40.4 Å². The number of nitrogens with one attached hydrogen (secondary N) is 2. The number of anilines is 1. The van der Waals surface area contributed by atoms with Gasteiger partial charge in [0.1, 0.15) is 5.75 Å². The smallest absolute Gasteiger partial charge is 0.257 e. The van der Waals surface area contributed by atoms with Crippen molar-refractivity contribution < 1.29 is 9.53 Å². The zero-order valence-corrected chi connectivity index (χ0v) is 17.7. The Bertz CT molecular complexity index is 782. The van der Waals surface area contributed by atoms with Gasteiger partial charge in [-0.25, -0.2) is 0 Å². The third kappa shape index (κ3) is 6.59. The van der Waals surface area contributed by atoms with Gasteiger partial charge in [-0.05, 0) is 83.0 Å². The Morgan fingerprint density at radius 2 is 1.92 bits per heavy atom. The number of carbonyl (C=O) groups excluding carboxylic acids is 1. The molecule has 0 saturated heterocycles. The molecule has 7 heteroatoms. The lowest BCUT2D eigenvalue weighted by atomic mass is 10.1. The molecule has 0 heterocycles. The van der Waals surface area contributed by atoms with Crippen molar-refractivity contribution in [2.75, 3.05) is 11.9 Å². The Hall–Kier alpha value is -1.63. The fraction of sp³-hybridized carbons (Fsp3) is 0.263. The molecule has 2 aromatic carbocycles. The minimum atomic E-state index is -0.300. The van der Waals surface area contributed by atoms with Crippen molar-refractivity contribution in [3.8, 4) is 5.75 Å². The quantitative estimate of drug-likeness (QED) is 0.552. The van der Waals surface area contributed by atoms with Crippen LogP contribution in [-0.4, -0.2) is 17.6 Å². The Morgan fingerprint density at radius 3 is 2.54 bits per heavy atom. The van der Waals surface area contributed by atoms with Crippen molar-refractivity contribution in [2.45, 2.75) is 20.3 Å². The Morgan fingerprint density at radius 1 is 1.23 bits per heavy atom. The first kappa shape index (κ1) is 20.7. The normalized spacial score (nSPS) is 10.5. The van der Waals surface area contributed by atoms with E-state index in [1.54, 1.807) is 42.5 Å². The standard InChI is InChI=1S/C19H20BrClN2O2S/c1-12(2)9-10-25-17-8-3-13(11-16(17)20)18(24)23-19(26)22-15-6-4-14(21)5-7-15/h3-8,11-12H,9-10H2,1-2H3,(H2,22,23,24,26). The number of carbonyl (C=O) groups is 1. The molecular weight excluding hydrogens is 436 g/mol. The van der Waals surface area contributed by atoms with Gasteiger partial charge in [0.15, 0.2) is 5.11 Å². The Kier molecular flexibility index (Phi) is 7.87. The number of amides is 1. The second-order valence-corrected chi connectivity index (χ2v) is 7.79. The van der Waals surface area contributed by atoms with Gasteiger partial charge in [0.2, 0.25) is 0 Å². The average Bonchev–Trinajstić information content (AvgIpc) is 2.58. The molecule has 0 aromatic heterocycles. The minimum Gasteiger partial charge on any atom is -0.492 e. The summed E-state index contributed by atoms with van der Waals surface area (Å²) < 4.78 is 6.45. The maximum absolute atomic E-state index is 12.3. The Labute approximate surface area is 172 Å². The molecule has 2 rings (SSSR count). The van der Waals surface area contributed by atoms with Gasteiger partial charge < -0.3 is 10.1 Å². The zero-order chi connectivity index (χ0) is 19.1. The molecule has 0 saturated carbocycles. The first-order chi connectivity index (χ1) is 12.3. The van der Waals surface area contributed by atoms with E-state index < -0.39 is 0 Å². The van der Waals surface area contributed by atoms with Gasteiger partial charge >= 0.3 is 0 Å². The van der Waals surface area contributed by atoms with Gasteiger partial charge in [0.25, 0.3) is 5.91 Å². The lowest BCUT2D eigenvalue weighted by molar-refractivity contribution is 0.0977. The average molecular weight is 456 g/mol. The predicted octanol–water partition coefficient (Wildman–Crippen LogP) is 5.65. The summed E-state index contributed by atoms with van der Waals surface area (Å²) in [6.45, 7) is 4.93. The molecule has 2 N–H and O–H groups in total. The SMILES string of the molecule is CC(C)CCOc1ccc(C(=O)NC(=S)Nc2ccc(Cl)cc2)cc1Br. The van der Waals surface area contributed by atoms with Gasteiger partial charge in [-0.2, -0.15) is 0 Å². The van der Waals surface area contributed by atoms with Gasteiger partial charge in [-0.15, -0.1) is 0 Å². The molecule has 0 aliphatic carbocycles. The highest BCUT2D eigenvalue weighted by atomic mass is 79.9. The summed E-state index contributed by atoms with van der Waals surface area (Å²) in [6, 6.07) is 12.2. The third-order valence-corrected chi connectivity index (χ3v) is 4.55. The molecule has 0 atom stereocenters. The van der Waals surface area contributed by atoms with E-state index in [0.29, 0.717) is 28.9 Å². The molecule has 2 aromatic rings. The van der Waals surface area contributed by atoms with Gasteiger partial charge in [-0.3, -0.25) is 10.1 Å². The summed E-state index contributed by atoms with van der Waals surface area (Å²) in [5, 5.41) is 6.43. The van der Waals surface area contributed by atoms with Crippen LogP contribution in [0.15, 0.2) is 46.9 Å². The molecule has 0 fully saturated rings. The van der Waals surface area contributed by atoms with E-state index >= 15 is 0 Å². The number of hydrogen-bond acceptors (Lipinski definition) is 3. The number of halogens is 2. The van der Waals surface area contributed by atoms with Gasteiger partial charge in [-0.1, -0.05) is 25.4 Å². The van der Waals surface area contributed by atoms with Crippen molar-refractivity contribution in [1.29, 1.82) is 0 Å². The molecule has 26 heavy (non-hydrogen) atoms. The van der Waals surface area contributed by atoms with Crippen LogP contribution < -0.4 is 15.4 Å². The van der Waals surface area contributed by atoms with E-state index in [1.165, 1.54) is 0 Å². The van der Waals surface area contributed by atoms with E-state index in [-0.39, 0.29) is 11.0 Å². The summed E-state index contributed by atoms with van der Waals surface area (Å²) >= 11 is 14.5. The van der Waals surface area contributed by atoms with E-state index in [0.717, 1.165) is 16.6 Å².